The highest BCUT2D eigenvalue weighted by atomic mass is 16.5. The summed E-state index contributed by atoms with van der Waals surface area (Å²) in [6, 6.07) is 0.244. The normalized spacial score (nSPS) is 18.9. The first-order valence-electron chi connectivity index (χ1n) is 6.83. The van der Waals surface area contributed by atoms with E-state index in [4.69, 9.17) is 4.74 Å². The standard InChI is InChI=1S/C13H26N2O3/c1-10(2)7-12(16)8-14-9-13(17)15-11-3-5-18-6-4-11/h10-12,14,16H,3-9H2,1-2H3,(H,15,17). The molecule has 0 saturated carbocycles. The third-order valence-corrected chi connectivity index (χ3v) is 3.00. The molecule has 1 heterocycles. The van der Waals surface area contributed by atoms with Gasteiger partial charge in [-0.1, -0.05) is 13.8 Å². The van der Waals surface area contributed by atoms with Gasteiger partial charge in [0, 0.05) is 25.8 Å². The van der Waals surface area contributed by atoms with Gasteiger partial charge in [-0.3, -0.25) is 4.79 Å². The van der Waals surface area contributed by atoms with Gasteiger partial charge in [0.25, 0.3) is 0 Å². The fraction of sp³-hybridized carbons (Fsp3) is 0.923. The van der Waals surface area contributed by atoms with Crippen molar-refractivity contribution in [1.29, 1.82) is 0 Å². The van der Waals surface area contributed by atoms with Crippen molar-refractivity contribution in [2.75, 3.05) is 26.3 Å². The van der Waals surface area contributed by atoms with Gasteiger partial charge in [0.1, 0.15) is 0 Å². The summed E-state index contributed by atoms with van der Waals surface area (Å²) in [6.07, 6.45) is 2.17. The SMILES string of the molecule is CC(C)CC(O)CNCC(=O)NC1CCOCC1. The van der Waals surface area contributed by atoms with Crippen LogP contribution in [0.3, 0.4) is 0 Å². The Kier molecular flexibility index (Phi) is 7.23. The first-order chi connectivity index (χ1) is 8.58. The van der Waals surface area contributed by atoms with Crippen molar-refractivity contribution in [3.05, 3.63) is 0 Å². The Balaban J connectivity index is 2.05. The van der Waals surface area contributed by atoms with Gasteiger partial charge in [0.15, 0.2) is 0 Å². The third kappa shape index (κ3) is 6.93. The van der Waals surface area contributed by atoms with Crippen molar-refractivity contribution in [3.8, 4) is 0 Å². The monoisotopic (exact) mass is 258 g/mol. The second-order valence-electron chi connectivity index (χ2n) is 5.37. The summed E-state index contributed by atoms with van der Waals surface area (Å²) in [5.74, 6) is 0.469. The third-order valence-electron chi connectivity index (χ3n) is 3.00. The number of hydrogen-bond donors (Lipinski definition) is 3. The number of carbonyl (C=O) groups excluding carboxylic acids is 1. The molecular weight excluding hydrogens is 232 g/mol. The fourth-order valence-electron chi connectivity index (χ4n) is 2.10. The smallest absolute Gasteiger partial charge is 0.234 e. The molecule has 1 amide bonds. The maximum atomic E-state index is 11.6. The van der Waals surface area contributed by atoms with E-state index in [1.165, 1.54) is 0 Å². The summed E-state index contributed by atoms with van der Waals surface area (Å²) in [7, 11) is 0. The summed E-state index contributed by atoms with van der Waals surface area (Å²) in [4.78, 5) is 11.6. The van der Waals surface area contributed by atoms with Crippen LogP contribution in [-0.4, -0.2) is 49.5 Å². The average molecular weight is 258 g/mol. The predicted molar refractivity (Wildman–Crippen MR) is 70.3 cm³/mol. The molecule has 1 unspecified atom stereocenters. The van der Waals surface area contributed by atoms with E-state index in [-0.39, 0.29) is 24.6 Å². The molecule has 0 spiro atoms. The van der Waals surface area contributed by atoms with Gasteiger partial charge in [-0.25, -0.2) is 0 Å². The van der Waals surface area contributed by atoms with Crippen LogP contribution in [0.2, 0.25) is 0 Å². The van der Waals surface area contributed by atoms with Gasteiger partial charge in [0.05, 0.1) is 12.6 Å². The lowest BCUT2D eigenvalue weighted by atomic mass is 10.1. The molecule has 5 heteroatoms. The van der Waals surface area contributed by atoms with E-state index in [9.17, 15) is 9.90 Å². The van der Waals surface area contributed by atoms with Crippen LogP contribution in [0.4, 0.5) is 0 Å². The molecule has 0 aliphatic carbocycles. The molecule has 0 aromatic heterocycles. The molecule has 0 aromatic carbocycles. The topological polar surface area (TPSA) is 70.6 Å². The molecule has 106 valence electrons. The highest BCUT2D eigenvalue weighted by Gasteiger charge is 2.15. The van der Waals surface area contributed by atoms with Crippen molar-refractivity contribution < 1.29 is 14.6 Å². The van der Waals surface area contributed by atoms with Gasteiger partial charge in [-0.2, -0.15) is 0 Å². The van der Waals surface area contributed by atoms with Gasteiger partial charge < -0.3 is 20.5 Å². The van der Waals surface area contributed by atoms with Crippen molar-refractivity contribution >= 4 is 5.91 Å². The Hall–Kier alpha value is -0.650. The molecule has 1 rings (SSSR count). The molecule has 0 aromatic rings. The zero-order chi connectivity index (χ0) is 13.4. The van der Waals surface area contributed by atoms with Crippen molar-refractivity contribution in [1.82, 2.24) is 10.6 Å². The molecule has 0 bridgehead atoms. The van der Waals surface area contributed by atoms with Crippen molar-refractivity contribution in [2.45, 2.75) is 45.3 Å². The van der Waals surface area contributed by atoms with E-state index in [1.54, 1.807) is 0 Å². The fourth-order valence-corrected chi connectivity index (χ4v) is 2.10. The van der Waals surface area contributed by atoms with E-state index < -0.39 is 0 Å². The van der Waals surface area contributed by atoms with Gasteiger partial charge >= 0.3 is 0 Å². The molecule has 1 aliphatic heterocycles. The number of aliphatic hydroxyl groups excluding tert-OH is 1. The average Bonchev–Trinajstić information content (AvgIpc) is 2.29. The van der Waals surface area contributed by atoms with Crippen LogP contribution in [0.5, 0.6) is 0 Å². The second-order valence-corrected chi connectivity index (χ2v) is 5.37. The minimum absolute atomic E-state index is 0.00125. The van der Waals surface area contributed by atoms with E-state index in [0.717, 1.165) is 32.5 Å². The van der Waals surface area contributed by atoms with Crippen LogP contribution in [-0.2, 0) is 9.53 Å². The molecule has 18 heavy (non-hydrogen) atoms. The second kappa shape index (κ2) is 8.45. The molecule has 1 aliphatic rings. The Morgan fingerprint density at radius 3 is 2.67 bits per heavy atom. The first kappa shape index (κ1) is 15.4. The zero-order valence-corrected chi connectivity index (χ0v) is 11.4. The Bertz CT molecular complexity index is 240. The lowest BCUT2D eigenvalue weighted by Crippen LogP contribution is -2.44. The number of aliphatic hydroxyl groups is 1. The number of hydrogen-bond acceptors (Lipinski definition) is 4. The summed E-state index contributed by atoms with van der Waals surface area (Å²) in [5, 5.41) is 15.6. The molecule has 5 nitrogen and oxygen atoms in total. The largest absolute Gasteiger partial charge is 0.392 e. The molecule has 1 atom stereocenters. The minimum Gasteiger partial charge on any atom is -0.392 e. The van der Waals surface area contributed by atoms with Crippen molar-refractivity contribution in [2.24, 2.45) is 5.92 Å². The molecular formula is C13H26N2O3. The Morgan fingerprint density at radius 2 is 2.06 bits per heavy atom. The molecule has 3 N–H and O–H groups in total. The number of carbonyl (C=O) groups is 1. The number of rotatable bonds is 7. The van der Waals surface area contributed by atoms with Crippen LogP contribution in [0.25, 0.3) is 0 Å². The summed E-state index contributed by atoms with van der Waals surface area (Å²) >= 11 is 0. The summed E-state index contributed by atoms with van der Waals surface area (Å²) in [5.41, 5.74) is 0. The number of nitrogens with one attached hydrogen (secondary N) is 2. The Labute approximate surface area is 109 Å². The highest BCUT2D eigenvalue weighted by Crippen LogP contribution is 2.05. The zero-order valence-electron chi connectivity index (χ0n) is 11.4. The van der Waals surface area contributed by atoms with Crippen LogP contribution in [0.15, 0.2) is 0 Å². The number of amides is 1. The molecule has 1 saturated heterocycles. The first-order valence-corrected chi connectivity index (χ1v) is 6.83. The van der Waals surface area contributed by atoms with Crippen molar-refractivity contribution in [3.63, 3.8) is 0 Å². The van der Waals surface area contributed by atoms with E-state index in [1.807, 2.05) is 0 Å². The van der Waals surface area contributed by atoms with E-state index in [0.29, 0.717) is 12.5 Å². The quantitative estimate of drug-likeness (QED) is 0.613. The lowest BCUT2D eigenvalue weighted by Gasteiger charge is -2.23. The summed E-state index contributed by atoms with van der Waals surface area (Å²) in [6.45, 7) is 6.34. The Morgan fingerprint density at radius 1 is 1.39 bits per heavy atom. The maximum Gasteiger partial charge on any atom is 0.234 e. The van der Waals surface area contributed by atoms with E-state index in [2.05, 4.69) is 24.5 Å². The summed E-state index contributed by atoms with van der Waals surface area (Å²) < 4.78 is 5.23. The predicted octanol–water partition coefficient (Wildman–Crippen LogP) is 0.278. The lowest BCUT2D eigenvalue weighted by molar-refractivity contribution is -0.121. The molecule has 1 fully saturated rings. The van der Waals surface area contributed by atoms with Gasteiger partial charge in [0.2, 0.25) is 5.91 Å². The van der Waals surface area contributed by atoms with Gasteiger partial charge in [-0.15, -0.1) is 0 Å². The van der Waals surface area contributed by atoms with Crippen LogP contribution >= 0.6 is 0 Å². The minimum atomic E-state index is -0.374. The van der Waals surface area contributed by atoms with Crippen LogP contribution in [0, 0.1) is 5.92 Å². The van der Waals surface area contributed by atoms with Gasteiger partial charge in [-0.05, 0) is 25.2 Å². The van der Waals surface area contributed by atoms with E-state index >= 15 is 0 Å². The van der Waals surface area contributed by atoms with Crippen LogP contribution in [0.1, 0.15) is 33.1 Å². The maximum absolute atomic E-state index is 11.6. The number of ether oxygens (including phenoxy) is 1. The van der Waals surface area contributed by atoms with Crippen LogP contribution < -0.4 is 10.6 Å². The highest BCUT2D eigenvalue weighted by molar-refractivity contribution is 5.78. The molecule has 0 radical (unpaired) electrons.